The molecule has 0 unspecified atom stereocenters. The molecule has 0 radical (unpaired) electrons. The Morgan fingerprint density at radius 3 is 2.41 bits per heavy atom. The summed E-state index contributed by atoms with van der Waals surface area (Å²) >= 11 is 0. The number of para-hydroxylation sites is 1. The smallest absolute Gasteiger partial charge is 0.233 e. The van der Waals surface area contributed by atoms with Crippen LogP contribution in [0.2, 0.25) is 0 Å². The molecule has 0 bridgehead atoms. The topological polar surface area (TPSA) is 40.5 Å². The normalized spacial score (nSPS) is 13.0. The molecular weight excluding hydrogens is 358 g/mol. The van der Waals surface area contributed by atoms with Crippen molar-refractivity contribution in [2.75, 3.05) is 11.4 Å². The van der Waals surface area contributed by atoms with Crippen LogP contribution in [0.25, 0.3) is 10.8 Å². The first-order valence-electron chi connectivity index (χ1n) is 10.3. The van der Waals surface area contributed by atoms with Gasteiger partial charge in [0, 0.05) is 12.2 Å². The van der Waals surface area contributed by atoms with Crippen molar-refractivity contribution in [3.8, 4) is 0 Å². The Bertz CT molecular complexity index is 951. The predicted octanol–water partition coefficient (Wildman–Crippen LogP) is 5.90. The minimum Gasteiger partial charge on any atom is -0.388 e. The van der Waals surface area contributed by atoms with Crippen molar-refractivity contribution in [1.29, 1.82) is 0 Å². The summed E-state index contributed by atoms with van der Waals surface area (Å²) in [7, 11) is 0. The van der Waals surface area contributed by atoms with Gasteiger partial charge >= 0.3 is 0 Å². The highest BCUT2D eigenvalue weighted by atomic mass is 16.3. The molecule has 150 valence electrons. The number of rotatable bonds is 9. The van der Waals surface area contributed by atoms with Gasteiger partial charge in [-0.25, -0.2) is 0 Å². The van der Waals surface area contributed by atoms with Gasteiger partial charge in [0.2, 0.25) is 5.91 Å². The Kier molecular flexibility index (Phi) is 7.20. The minimum absolute atomic E-state index is 0.0646. The third kappa shape index (κ3) is 4.93. The van der Waals surface area contributed by atoms with E-state index in [9.17, 15) is 9.90 Å². The van der Waals surface area contributed by atoms with E-state index in [1.54, 1.807) is 11.0 Å². The number of anilines is 1. The van der Waals surface area contributed by atoms with Gasteiger partial charge in [-0.1, -0.05) is 80.4 Å². The monoisotopic (exact) mass is 387 g/mol. The molecule has 3 rings (SSSR count). The quantitative estimate of drug-likeness (QED) is 0.464. The Morgan fingerprint density at radius 2 is 1.72 bits per heavy atom. The van der Waals surface area contributed by atoms with Gasteiger partial charge in [0.1, 0.15) is 0 Å². The van der Waals surface area contributed by atoms with Gasteiger partial charge in [0.25, 0.3) is 0 Å². The second-order valence-electron chi connectivity index (χ2n) is 7.37. The van der Waals surface area contributed by atoms with E-state index < -0.39 is 12.0 Å². The molecule has 2 atom stereocenters. The molecular formula is C26H29NO2. The van der Waals surface area contributed by atoms with Gasteiger partial charge in [-0.2, -0.15) is 0 Å². The van der Waals surface area contributed by atoms with Gasteiger partial charge in [-0.3, -0.25) is 4.79 Å². The Balaban J connectivity index is 1.93. The van der Waals surface area contributed by atoms with Crippen LogP contribution in [0, 0.1) is 5.92 Å². The number of hydrogen-bond donors (Lipinski definition) is 1. The fourth-order valence-corrected chi connectivity index (χ4v) is 3.72. The van der Waals surface area contributed by atoms with Gasteiger partial charge in [-0.15, -0.1) is 6.58 Å². The third-order valence-corrected chi connectivity index (χ3v) is 5.33. The molecule has 0 aliphatic heterocycles. The number of aliphatic hydroxyl groups excluding tert-OH is 1. The zero-order chi connectivity index (χ0) is 20.6. The molecule has 0 aromatic heterocycles. The van der Waals surface area contributed by atoms with Crippen LogP contribution in [0.4, 0.5) is 5.69 Å². The number of carbonyl (C=O) groups excluding carboxylic acids is 1. The lowest BCUT2D eigenvalue weighted by atomic mass is 9.88. The van der Waals surface area contributed by atoms with Crippen LogP contribution in [0.15, 0.2) is 85.5 Å². The molecule has 29 heavy (non-hydrogen) atoms. The van der Waals surface area contributed by atoms with E-state index in [4.69, 9.17) is 0 Å². The second kappa shape index (κ2) is 10.0. The number of amides is 1. The zero-order valence-corrected chi connectivity index (χ0v) is 17.0. The summed E-state index contributed by atoms with van der Waals surface area (Å²) in [5.74, 6) is -0.568. The lowest BCUT2D eigenvalue weighted by Gasteiger charge is -2.29. The van der Waals surface area contributed by atoms with Crippen molar-refractivity contribution in [3.63, 3.8) is 0 Å². The summed E-state index contributed by atoms with van der Waals surface area (Å²) in [6.07, 6.45) is 3.38. The van der Waals surface area contributed by atoms with Gasteiger partial charge in [0.05, 0.1) is 12.0 Å². The molecule has 0 aliphatic rings. The van der Waals surface area contributed by atoms with Crippen molar-refractivity contribution in [2.45, 2.75) is 32.3 Å². The predicted molar refractivity (Wildman–Crippen MR) is 121 cm³/mol. The lowest BCUT2D eigenvalue weighted by molar-refractivity contribution is -0.126. The second-order valence-corrected chi connectivity index (χ2v) is 7.37. The SMILES string of the molecule is C=CCN(C(=O)[C@H](CCCC)[C@H](O)c1ccc2ccccc2c1)c1ccccc1. The number of unbranched alkanes of at least 4 members (excludes halogenated alkanes) is 1. The van der Waals surface area contributed by atoms with E-state index in [0.29, 0.717) is 13.0 Å². The number of carbonyl (C=O) groups is 1. The van der Waals surface area contributed by atoms with Crippen molar-refractivity contribution in [1.82, 2.24) is 0 Å². The van der Waals surface area contributed by atoms with Crippen molar-refractivity contribution in [2.24, 2.45) is 5.92 Å². The van der Waals surface area contributed by atoms with Gasteiger partial charge in [-0.05, 0) is 41.0 Å². The number of aliphatic hydroxyl groups is 1. The van der Waals surface area contributed by atoms with Crippen LogP contribution in [0.5, 0.6) is 0 Å². The molecule has 0 fully saturated rings. The van der Waals surface area contributed by atoms with Gasteiger partial charge in [0.15, 0.2) is 0 Å². The Morgan fingerprint density at radius 1 is 1.03 bits per heavy atom. The lowest BCUT2D eigenvalue weighted by Crippen LogP contribution is -2.39. The highest BCUT2D eigenvalue weighted by molar-refractivity contribution is 5.96. The molecule has 0 heterocycles. The molecule has 0 saturated heterocycles. The summed E-state index contributed by atoms with van der Waals surface area (Å²) in [5, 5.41) is 13.4. The molecule has 0 saturated carbocycles. The summed E-state index contributed by atoms with van der Waals surface area (Å²) in [6, 6.07) is 23.6. The maximum atomic E-state index is 13.5. The molecule has 1 N–H and O–H groups in total. The van der Waals surface area contributed by atoms with E-state index in [2.05, 4.69) is 13.5 Å². The van der Waals surface area contributed by atoms with E-state index in [-0.39, 0.29) is 5.91 Å². The van der Waals surface area contributed by atoms with Crippen molar-refractivity contribution >= 4 is 22.4 Å². The first kappa shape index (κ1) is 20.8. The van der Waals surface area contributed by atoms with E-state index in [0.717, 1.165) is 34.9 Å². The molecule has 1 amide bonds. The summed E-state index contributed by atoms with van der Waals surface area (Å²) in [4.78, 5) is 15.3. The first-order valence-corrected chi connectivity index (χ1v) is 10.3. The summed E-state index contributed by atoms with van der Waals surface area (Å²) in [6.45, 7) is 6.32. The zero-order valence-electron chi connectivity index (χ0n) is 17.0. The average Bonchev–Trinajstić information content (AvgIpc) is 2.77. The third-order valence-electron chi connectivity index (χ3n) is 5.33. The highest BCUT2D eigenvalue weighted by Gasteiger charge is 2.31. The summed E-state index contributed by atoms with van der Waals surface area (Å²) < 4.78 is 0. The molecule has 0 spiro atoms. The fraction of sp³-hybridized carbons (Fsp3) is 0.269. The van der Waals surface area contributed by atoms with Crippen LogP contribution in [0.3, 0.4) is 0 Å². The molecule has 3 heteroatoms. The Labute approximate surface area is 173 Å². The number of benzene rings is 3. The van der Waals surface area contributed by atoms with Crippen molar-refractivity contribution < 1.29 is 9.90 Å². The van der Waals surface area contributed by atoms with Crippen LogP contribution in [0.1, 0.15) is 37.9 Å². The van der Waals surface area contributed by atoms with E-state index >= 15 is 0 Å². The molecule has 3 aromatic rings. The largest absolute Gasteiger partial charge is 0.388 e. The van der Waals surface area contributed by atoms with Crippen LogP contribution in [-0.4, -0.2) is 17.6 Å². The van der Waals surface area contributed by atoms with Crippen LogP contribution < -0.4 is 4.90 Å². The van der Waals surface area contributed by atoms with E-state index in [1.165, 1.54) is 0 Å². The molecule has 0 aliphatic carbocycles. The number of hydrogen-bond acceptors (Lipinski definition) is 2. The summed E-state index contributed by atoms with van der Waals surface area (Å²) in [5.41, 5.74) is 1.61. The first-order chi connectivity index (χ1) is 14.2. The average molecular weight is 388 g/mol. The maximum Gasteiger partial charge on any atom is 0.233 e. The minimum atomic E-state index is -0.852. The molecule has 3 nitrogen and oxygen atoms in total. The molecule has 3 aromatic carbocycles. The maximum absolute atomic E-state index is 13.5. The van der Waals surface area contributed by atoms with Gasteiger partial charge < -0.3 is 10.0 Å². The Hall–Kier alpha value is -2.91. The number of fused-ring (bicyclic) bond motifs is 1. The van der Waals surface area contributed by atoms with E-state index in [1.807, 2.05) is 72.8 Å². The van der Waals surface area contributed by atoms with Crippen LogP contribution in [-0.2, 0) is 4.79 Å². The fourth-order valence-electron chi connectivity index (χ4n) is 3.72. The number of nitrogens with zero attached hydrogens (tertiary/aromatic N) is 1. The standard InChI is InChI=1S/C26H29NO2/c1-3-5-15-24(26(29)27(18-4-2)23-13-7-6-8-14-23)25(28)22-17-16-20-11-9-10-12-21(20)19-22/h4,6-14,16-17,19,24-25,28H,2-3,5,15,18H2,1H3/t24-,25-/m1/s1. The van der Waals surface area contributed by atoms with Crippen molar-refractivity contribution in [3.05, 3.63) is 91.0 Å². The van der Waals surface area contributed by atoms with Crippen LogP contribution >= 0.6 is 0 Å². The highest BCUT2D eigenvalue weighted by Crippen LogP contribution is 2.31.